The second-order valence-corrected chi connectivity index (χ2v) is 7.22. The number of hydrogen-bond acceptors (Lipinski definition) is 8. The summed E-state index contributed by atoms with van der Waals surface area (Å²) in [4.78, 5) is 12.5. The Labute approximate surface area is 188 Å². The fourth-order valence-corrected chi connectivity index (χ4v) is 2.95. The van der Waals surface area contributed by atoms with Crippen LogP contribution in [0.3, 0.4) is 0 Å². The van der Waals surface area contributed by atoms with Gasteiger partial charge in [0, 0.05) is 30.4 Å². The highest BCUT2D eigenvalue weighted by Gasteiger charge is 2.19. The van der Waals surface area contributed by atoms with Gasteiger partial charge in [-0.15, -0.1) is 0 Å². The average Bonchev–Trinajstić information content (AvgIpc) is 3.16. The van der Waals surface area contributed by atoms with Gasteiger partial charge in [-0.05, 0) is 31.9 Å². The molecule has 1 heterocycles. The van der Waals surface area contributed by atoms with Crippen LogP contribution in [-0.2, 0) is 20.8 Å². The molecule has 32 heavy (non-hydrogen) atoms. The van der Waals surface area contributed by atoms with E-state index in [0.29, 0.717) is 30.5 Å². The summed E-state index contributed by atoms with van der Waals surface area (Å²) < 4.78 is 22.8. The third-order valence-electron chi connectivity index (χ3n) is 4.61. The second kappa shape index (κ2) is 12.1. The number of carbonyl (C=O) groups is 1. The van der Waals surface area contributed by atoms with Crippen LogP contribution in [0.5, 0.6) is 11.5 Å². The van der Waals surface area contributed by atoms with Gasteiger partial charge in [0.15, 0.2) is 6.29 Å². The summed E-state index contributed by atoms with van der Waals surface area (Å²) in [6.07, 6.45) is 0.0245. The SMILES string of the molecule is CCOC(=O)/C(=C\C(O)OCC)Nc1cc(C(C)C)nn1Cc1ccc(OC)cc1OC. The quantitative estimate of drug-likeness (QED) is 0.290. The van der Waals surface area contributed by atoms with E-state index in [1.165, 1.54) is 6.08 Å². The van der Waals surface area contributed by atoms with E-state index in [9.17, 15) is 9.90 Å². The molecule has 2 N–H and O–H groups in total. The van der Waals surface area contributed by atoms with Crippen LogP contribution in [-0.4, -0.2) is 54.6 Å². The molecule has 0 saturated carbocycles. The summed E-state index contributed by atoms with van der Waals surface area (Å²) in [7, 11) is 3.19. The standard InChI is InChI=1S/C23H33N3O6/c1-7-31-22(27)13-19(23(28)32-8-2)24-21-12-18(15(3)4)25-26(21)14-16-9-10-17(29-5)11-20(16)30-6/h9-13,15,22,24,27H,7-8,14H2,1-6H3/b19-13+. The highest BCUT2D eigenvalue weighted by atomic mass is 16.6. The number of carbonyl (C=O) groups excluding carboxylic acids is 1. The molecule has 1 aromatic heterocycles. The highest BCUT2D eigenvalue weighted by Crippen LogP contribution is 2.27. The predicted octanol–water partition coefficient (Wildman–Crippen LogP) is 3.29. The smallest absolute Gasteiger partial charge is 0.354 e. The zero-order valence-corrected chi connectivity index (χ0v) is 19.5. The van der Waals surface area contributed by atoms with Gasteiger partial charge in [0.2, 0.25) is 0 Å². The number of nitrogens with one attached hydrogen (secondary N) is 1. The lowest BCUT2D eigenvalue weighted by molar-refractivity contribution is -0.138. The minimum absolute atomic E-state index is 0.0611. The van der Waals surface area contributed by atoms with Crippen LogP contribution < -0.4 is 14.8 Å². The van der Waals surface area contributed by atoms with Gasteiger partial charge in [-0.2, -0.15) is 5.10 Å². The number of hydrogen-bond donors (Lipinski definition) is 2. The molecule has 1 aromatic carbocycles. The molecule has 2 rings (SSSR count). The summed E-state index contributed by atoms with van der Waals surface area (Å²) >= 11 is 0. The molecule has 0 spiro atoms. The molecule has 9 heteroatoms. The number of rotatable bonds is 12. The molecule has 1 atom stereocenters. The van der Waals surface area contributed by atoms with Gasteiger partial charge in [0.25, 0.3) is 0 Å². The van der Waals surface area contributed by atoms with E-state index in [4.69, 9.17) is 24.0 Å². The number of methoxy groups -OCH3 is 2. The van der Waals surface area contributed by atoms with Crippen molar-refractivity contribution in [3.8, 4) is 11.5 Å². The Hall–Kier alpha value is -3.04. The Morgan fingerprint density at radius 2 is 1.94 bits per heavy atom. The van der Waals surface area contributed by atoms with E-state index < -0.39 is 12.3 Å². The van der Waals surface area contributed by atoms with Gasteiger partial charge in [-0.25, -0.2) is 9.48 Å². The predicted molar refractivity (Wildman–Crippen MR) is 121 cm³/mol. The largest absolute Gasteiger partial charge is 0.497 e. The van der Waals surface area contributed by atoms with E-state index in [2.05, 4.69) is 5.32 Å². The normalized spacial score (nSPS) is 12.6. The molecule has 1 unspecified atom stereocenters. The fourth-order valence-electron chi connectivity index (χ4n) is 2.95. The summed E-state index contributed by atoms with van der Waals surface area (Å²) in [5.41, 5.74) is 1.78. The lowest BCUT2D eigenvalue weighted by atomic mass is 10.1. The topological polar surface area (TPSA) is 104 Å². The van der Waals surface area contributed by atoms with Crippen LogP contribution in [0.15, 0.2) is 36.0 Å². The van der Waals surface area contributed by atoms with Crippen molar-refractivity contribution in [2.24, 2.45) is 0 Å². The average molecular weight is 448 g/mol. The van der Waals surface area contributed by atoms with Crippen molar-refractivity contribution in [1.29, 1.82) is 0 Å². The van der Waals surface area contributed by atoms with Gasteiger partial charge in [0.1, 0.15) is 23.0 Å². The Morgan fingerprint density at radius 3 is 2.53 bits per heavy atom. The van der Waals surface area contributed by atoms with Crippen molar-refractivity contribution >= 4 is 11.8 Å². The Morgan fingerprint density at radius 1 is 1.19 bits per heavy atom. The van der Waals surface area contributed by atoms with Gasteiger partial charge in [-0.1, -0.05) is 13.8 Å². The van der Waals surface area contributed by atoms with Crippen molar-refractivity contribution in [3.63, 3.8) is 0 Å². The molecule has 176 valence electrons. The third-order valence-corrected chi connectivity index (χ3v) is 4.61. The number of esters is 1. The lowest BCUT2D eigenvalue weighted by Gasteiger charge is -2.15. The number of benzene rings is 1. The van der Waals surface area contributed by atoms with E-state index >= 15 is 0 Å². The molecule has 0 aliphatic rings. The summed E-state index contributed by atoms with van der Waals surface area (Å²) in [6, 6.07) is 7.41. The second-order valence-electron chi connectivity index (χ2n) is 7.22. The van der Waals surface area contributed by atoms with Crippen molar-refractivity contribution in [3.05, 3.63) is 47.3 Å². The molecule has 0 aliphatic heterocycles. The summed E-state index contributed by atoms with van der Waals surface area (Å²) in [6.45, 7) is 8.40. The van der Waals surface area contributed by atoms with E-state index in [-0.39, 0.29) is 18.2 Å². The van der Waals surface area contributed by atoms with E-state index in [1.807, 2.05) is 32.0 Å². The Kier molecular flexibility index (Phi) is 9.55. The third kappa shape index (κ3) is 6.73. The van der Waals surface area contributed by atoms with E-state index in [0.717, 1.165) is 11.3 Å². The van der Waals surface area contributed by atoms with Crippen LogP contribution in [0.2, 0.25) is 0 Å². The molecule has 0 fully saturated rings. The monoisotopic (exact) mass is 447 g/mol. The number of aliphatic hydroxyl groups excluding tert-OH is 1. The minimum atomic E-state index is -1.26. The highest BCUT2D eigenvalue weighted by molar-refractivity contribution is 5.91. The van der Waals surface area contributed by atoms with Crippen LogP contribution in [0.4, 0.5) is 5.82 Å². The molecule has 2 aromatic rings. The van der Waals surface area contributed by atoms with Crippen LogP contribution in [0.25, 0.3) is 0 Å². The molecule has 0 saturated heterocycles. The molecule has 0 amide bonds. The fraction of sp³-hybridized carbons (Fsp3) is 0.478. The van der Waals surface area contributed by atoms with Gasteiger partial charge < -0.3 is 29.4 Å². The molecule has 0 bridgehead atoms. The van der Waals surface area contributed by atoms with E-state index in [1.54, 1.807) is 38.8 Å². The first-order valence-corrected chi connectivity index (χ1v) is 10.6. The number of aliphatic hydroxyl groups is 1. The van der Waals surface area contributed by atoms with Crippen molar-refractivity contribution in [1.82, 2.24) is 9.78 Å². The molecule has 0 radical (unpaired) electrons. The maximum atomic E-state index is 12.5. The number of nitrogens with zero attached hydrogens (tertiary/aromatic N) is 2. The van der Waals surface area contributed by atoms with Gasteiger partial charge in [-0.3, -0.25) is 0 Å². The maximum absolute atomic E-state index is 12.5. The zero-order valence-electron chi connectivity index (χ0n) is 19.5. The first-order chi connectivity index (χ1) is 15.3. The van der Waals surface area contributed by atoms with Crippen molar-refractivity contribution in [2.75, 3.05) is 32.8 Å². The number of aromatic nitrogens is 2. The van der Waals surface area contributed by atoms with Crippen molar-refractivity contribution in [2.45, 2.75) is 46.4 Å². The maximum Gasteiger partial charge on any atom is 0.354 e. The van der Waals surface area contributed by atoms with Gasteiger partial charge >= 0.3 is 5.97 Å². The summed E-state index contributed by atoms with van der Waals surface area (Å²) in [5.74, 6) is 1.47. The zero-order chi connectivity index (χ0) is 23.7. The molecule has 9 nitrogen and oxygen atoms in total. The summed E-state index contributed by atoms with van der Waals surface area (Å²) in [5, 5.41) is 17.8. The minimum Gasteiger partial charge on any atom is -0.497 e. The number of anilines is 1. The van der Waals surface area contributed by atoms with Crippen LogP contribution >= 0.6 is 0 Å². The van der Waals surface area contributed by atoms with Crippen LogP contribution in [0.1, 0.15) is 44.9 Å². The van der Waals surface area contributed by atoms with Crippen LogP contribution in [0, 0.1) is 0 Å². The number of ether oxygens (including phenoxy) is 4. The lowest BCUT2D eigenvalue weighted by Crippen LogP contribution is -2.20. The van der Waals surface area contributed by atoms with Crippen molar-refractivity contribution < 1.29 is 28.8 Å². The van der Waals surface area contributed by atoms with Gasteiger partial charge in [0.05, 0.1) is 33.1 Å². The molecular formula is C23H33N3O6. The Bertz CT molecular complexity index is 922. The first-order valence-electron chi connectivity index (χ1n) is 10.6. The molecule has 0 aliphatic carbocycles. The molecular weight excluding hydrogens is 414 g/mol. The first kappa shape index (κ1) is 25.2. The Balaban J connectivity index is 2.43.